The zero-order valence-electron chi connectivity index (χ0n) is 8.95. The lowest BCUT2D eigenvalue weighted by atomic mass is 10.2. The molecule has 6 heteroatoms. The van der Waals surface area contributed by atoms with Crippen molar-refractivity contribution in [3.8, 4) is 0 Å². The first-order valence-electron chi connectivity index (χ1n) is 4.94. The van der Waals surface area contributed by atoms with Crippen molar-refractivity contribution in [2.45, 2.75) is 0 Å². The van der Waals surface area contributed by atoms with Crippen LogP contribution < -0.4 is 5.32 Å². The summed E-state index contributed by atoms with van der Waals surface area (Å²) in [6.45, 7) is 0. The topological polar surface area (TPSA) is 42.0 Å². The Morgan fingerprint density at radius 2 is 1.78 bits per heavy atom. The smallest absolute Gasteiger partial charge is 0.258 e. The molecule has 1 aromatic heterocycles. The van der Waals surface area contributed by atoms with Gasteiger partial charge in [0.15, 0.2) is 0 Å². The molecule has 0 aliphatic heterocycles. The summed E-state index contributed by atoms with van der Waals surface area (Å²) in [5.74, 6) is 0.0118. The molecule has 0 aliphatic rings. The summed E-state index contributed by atoms with van der Waals surface area (Å²) < 4.78 is 0. The number of nitrogens with one attached hydrogen (secondary N) is 1. The predicted octanol–water partition coefficient (Wildman–Crippen LogP) is 4.29. The van der Waals surface area contributed by atoms with Crippen LogP contribution >= 0.6 is 34.8 Å². The highest BCUT2D eigenvalue weighted by Crippen LogP contribution is 2.21. The van der Waals surface area contributed by atoms with E-state index >= 15 is 0 Å². The van der Waals surface area contributed by atoms with Gasteiger partial charge in [0, 0.05) is 11.2 Å². The number of benzene rings is 1. The minimum atomic E-state index is -0.377. The number of carbonyl (C=O) groups excluding carboxylic acids is 1. The van der Waals surface area contributed by atoms with Crippen molar-refractivity contribution in [2.75, 3.05) is 5.32 Å². The number of pyridine rings is 1. The normalized spacial score (nSPS) is 10.2. The van der Waals surface area contributed by atoms with Crippen LogP contribution in [-0.2, 0) is 0 Å². The number of hydrogen-bond acceptors (Lipinski definition) is 2. The van der Waals surface area contributed by atoms with Crippen molar-refractivity contribution in [3.05, 3.63) is 57.2 Å². The minimum Gasteiger partial charge on any atom is -0.307 e. The minimum absolute atomic E-state index is 0.293. The van der Waals surface area contributed by atoms with Gasteiger partial charge in [0.05, 0.1) is 15.6 Å². The van der Waals surface area contributed by atoms with Gasteiger partial charge < -0.3 is 5.32 Å². The number of carbonyl (C=O) groups is 1. The highest BCUT2D eigenvalue weighted by atomic mass is 35.5. The summed E-state index contributed by atoms with van der Waals surface area (Å²) in [4.78, 5) is 15.9. The first-order valence-corrected chi connectivity index (χ1v) is 6.07. The maximum absolute atomic E-state index is 11.9. The molecule has 0 saturated heterocycles. The largest absolute Gasteiger partial charge is 0.307 e. The standard InChI is InChI=1S/C12H7Cl3N2O/c13-7-1-3-10(15)9(5-7)12(18)17-11-4-2-8(14)6-16-11/h1-6H,(H,16,17,18). The molecule has 1 amide bonds. The number of amides is 1. The molecule has 1 aromatic carbocycles. The first-order chi connectivity index (χ1) is 8.56. The Morgan fingerprint density at radius 3 is 2.44 bits per heavy atom. The highest BCUT2D eigenvalue weighted by molar-refractivity contribution is 6.36. The monoisotopic (exact) mass is 300 g/mol. The molecule has 2 aromatic rings. The average molecular weight is 302 g/mol. The second-order valence-electron chi connectivity index (χ2n) is 3.44. The van der Waals surface area contributed by atoms with Crippen LogP contribution in [0.3, 0.4) is 0 Å². The van der Waals surface area contributed by atoms with Crippen molar-refractivity contribution >= 4 is 46.5 Å². The van der Waals surface area contributed by atoms with Gasteiger partial charge in [-0.05, 0) is 30.3 Å². The molecule has 0 bridgehead atoms. The number of aromatic nitrogens is 1. The van der Waals surface area contributed by atoms with E-state index in [0.717, 1.165) is 0 Å². The average Bonchev–Trinajstić information content (AvgIpc) is 2.35. The van der Waals surface area contributed by atoms with Crippen LogP contribution in [0.2, 0.25) is 15.1 Å². The Morgan fingerprint density at radius 1 is 1.06 bits per heavy atom. The fraction of sp³-hybridized carbons (Fsp3) is 0. The lowest BCUT2D eigenvalue weighted by Crippen LogP contribution is -2.13. The van der Waals surface area contributed by atoms with Crippen molar-refractivity contribution in [1.82, 2.24) is 4.98 Å². The molecule has 1 heterocycles. The fourth-order valence-electron chi connectivity index (χ4n) is 1.30. The summed E-state index contributed by atoms with van der Waals surface area (Å²) in [6.07, 6.45) is 1.44. The van der Waals surface area contributed by atoms with Crippen LogP contribution in [0.15, 0.2) is 36.5 Å². The van der Waals surface area contributed by atoms with Gasteiger partial charge in [0.1, 0.15) is 5.82 Å². The third kappa shape index (κ3) is 3.13. The Bertz CT molecular complexity index is 584. The molecule has 0 unspecified atom stereocenters. The van der Waals surface area contributed by atoms with Gasteiger partial charge in [-0.1, -0.05) is 34.8 Å². The zero-order valence-corrected chi connectivity index (χ0v) is 11.2. The van der Waals surface area contributed by atoms with Crippen molar-refractivity contribution in [3.63, 3.8) is 0 Å². The maximum Gasteiger partial charge on any atom is 0.258 e. The number of anilines is 1. The quantitative estimate of drug-likeness (QED) is 0.899. The van der Waals surface area contributed by atoms with E-state index in [1.165, 1.54) is 12.3 Å². The molecular weight excluding hydrogens is 295 g/mol. The van der Waals surface area contributed by atoms with Gasteiger partial charge in [-0.25, -0.2) is 4.98 Å². The number of halogens is 3. The van der Waals surface area contributed by atoms with Gasteiger partial charge in [0.2, 0.25) is 0 Å². The molecule has 0 atom stereocenters. The van der Waals surface area contributed by atoms with E-state index in [-0.39, 0.29) is 5.91 Å². The second-order valence-corrected chi connectivity index (χ2v) is 4.72. The van der Waals surface area contributed by atoms with Gasteiger partial charge in [-0.15, -0.1) is 0 Å². The van der Waals surface area contributed by atoms with Crippen molar-refractivity contribution in [2.24, 2.45) is 0 Å². The summed E-state index contributed by atoms with van der Waals surface area (Å²) >= 11 is 17.4. The summed E-state index contributed by atoms with van der Waals surface area (Å²) in [5, 5.41) is 3.86. The van der Waals surface area contributed by atoms with Gasteiger partial charge in [-0.2, -0.15) is 0 Å². The lowest BCUT2D eigenvalue weighted by Gasteiger charge is -2.06. The van der Waals surface area contributed by atoms with Crippen LogP contribution in [0.25, 0.3) is 0 Å². The number of hydrogen-bond donors (Lipinski definition) is 1. The number of nitrogens with zero attached hydrogens (tertiary/aromatic N) is 1. The van der Waals surface area contributed by atoms with Crippen LogP contribution in [0, 0.1) is 0 Å². The molecule has 18 heavy (non-hydrogen) atoms. The summed E-state index contributed by atoms with van der Waals surface area (Å²) in [6, 6.07) is 7.90. The van der Waals surface area contributed by atoms with E-state index in [1.54, 1.807) is 24.3 Å². The highest BCUT2D eigenvalue weighted by Gasteiger charge is 2.11. The molecule has 0 spiro atoms. The third-order valence-corrected chi connectivity index (χ3v) is 2.93. The molecule has 0 aliphatic carbocycles. The predicted molar refractivity (Wildman–Crippen MR) is 73.7 cm³/mol. The molecule has 92 valence electrons. The Kier molecular flexibility index (Phi) is 4.07. The Labute approximate surface area is 119 Å². The molecule has 3 nitrogen and oxygen atoms in total. The van der Waals surface area contributed by atoms with Crippen LogP contribution in [0.1, 0.15) is 10.4 Å². The lowest BCUT2D eigenvalue weighted by molar-refractivity contribution is 0.102. The first kappa shape index (κ1) is 13.1. The Hall–Kier alpha value is -1.29. The van der Waals surface area contributed by atoms with E-state index < -0.39 is 0 Å². The molecule has 2 rings (SSSR count). The van der Waals surface area contributed by atoms with E-state index in [0.29, 0.717) is 26.4 Å². The van der Waals surface area contributed by atoms with E-state index in [4.69, 9.17) is 34.8 Å². The molecule has 0 radical (unpaired) electrons. The van der Waals surface area contributed by atoms with Crippen LogP contribution in [-0.4, -0.2) is 10.9 Å². The van der Waals surface area contributed by atoms with E-state index in [2.05, 4.69) is 10.3 Å². The molecule has 1 N–H and O–H groups in total. The summed E-state index contributed by atoms with van der Waals surface area (Å²) in [5.41, 5.74) is 0.293. The van der Waals surface area contributed by atoms with Gasteiger partial charge in [0.25, 0.3) is 5.91 Å². The number of rotatable bonds is 2. The van der Waals surface area contributed by atoms with Crippen LogP contribution in [0.5, 0.6) is 0 Å². The zero-order chi connectivity index (χ0) is 13.1. The van der Waals surface area contributed by atoms with E-state index in [9.17, 15) is 4.79 Å². The fourth-order valence-corrected chi connectivity index (χ4v) is 1.79. The summed E-state index contributed by atoms with van der Waals surface area (Å²) in [7, 11) is 0. The van der Waals surface area contributed by atoms with Gasteiger partial charge >= 0.3 is 0 Å². The third-order valence-electron chi connectivity index (χ3n) is 2.14. The molecule has 0 fully saturated rings. The van der Waals surface area contributed by atoms with E-state index in [1.807, 2.05) is 0 Å². The molecule has 0 saturated carbocycles. The van der Waals surface area contributed by atoms with Crippen molar-refractivity contribution in [1.29, 1.82) is 0 Å². The maximum atomic E-state index is 11.9. The van der Waals surface area contributed by atoms with Crippen LogP contribution in [0.4, 0.5) is 5.82 Å². The second kappa shape index (κ2) is 5.57. The Balaban J connectivity index is 2.21. The SMILES string of the molecule is O=C(Nc1ccc(Cl)cn1)c1cc(Cl)ccc1Cl. The van der Waals surface area contributed by atoms with Crippen molar-refractivity contribution < 1.29 is 4.79 Å². The molecular formula is C12H7Cl3N2O. The van der Waals surface area contributed by atoms with Gasteiger partial charge in [-0.3, -0.25) is 4.79 Å².